The van der Waals surface area contributed by atoms with Gasteiger partial charge in [0.25, 0.3) is 0 Å². The molecule has 0 bridgehead atoms. The number of methoxy groups -OCH3 is 1. The fourth-order valence-electron chi connectivity index (χ4n) is 2.52. The van der Waals surface area contributed by atoms with E-state index in [-0.39, 0.29) is 0 Å². The summed E-state index contributed by atoms with van der Waals surface area (Å²) in [6, 6.07) is 16.4. The Morgan fingerprint density at radius 2 is 1.95 bits per heavy atom. The first-order chi connectivity index (χ1) is 10.3. The molecule has 1 heterocycles. The van der Waals surface area contributed by atoms with Crippen molar-refractivity contribution >= 4 is 10.9 Å². The summed E-state index contributed by atoms with van der Waals surface area (Å²) in [5, 5.41) is 1.13. The smallest absolute Gasteiger partial charge is 0.126 e. The van der Waals surface area contributed by atoms with Crippen molar-refractivity contribution in [3.8, 4) is 16.9 Å². The normalized spacial score (nSPS) is 10.8. The van der Waals surface area contributed by atoms with E-state index in [9.17, 15) is 0 Å². The van der Waals surface area contributed by atoms with Gasteiger partial charge in [0.15, 0.2) is 0 Å². The molecule has 2 aromatic carbocycles. The first-order valence-electron chi connectivity index (χ1n) is 7.04. The average molecular weight is 278 g/mol. The molecule has 3 rings (SSSR count). The quantitative estimate of drug-likeness (QED) is 0.795. The highest BCUT2D eigenvalue weighted by Gasteiger charge is 2.08. The van der Waals surface area contributed by atoms with Gasteiger partial charge in [-0.05, 0) is 42.8 Å². The van der Waals surface area contributed by atoms with Crippen molar-refractivity contribution in [1.82, 2.24) is 4.98 Å². The van der Waals surface area contributed by atoms with Crippen LogP contribution >= 0.6 is 0 Å². The van der Waals surface area contributed by atoms with Crippen LogP contribution in [0.4, 0.5) is 0 Å². The van der Waals surface area contributed by atoms with Crippen molar-refractivity contribution in [2.75, 3.05) is 13.7 Å². The molecule has 0 amide bonds. The fraction of sp³-hybridized carbons (Fsp3) is 0.167. The summed E-state index contributed by atoms with van der Waals surface area (Å²) in [6.07, 6.45) is 2.75. The van der Waals surface area contributed by atoms with Gasteiger partial charge in [0.05, 0.1) is 12.6 Å². The molecule has 0 radical (unpaired) electrons. The number of aromatic nitrogens is 1. The molecule has 3 heteroatoms. The molecule has 0 aliphatic heterocycles. The van der Waals surface area contributed by atoms with Crippen molar-refractivity contribution in [3.05, 3.63) is 60.3 Å². The molecule has 0 spiro atoms. The molecule has 1 aromatic heterocycles. The second kappa shape index (κ2) is 5.94. The van der Waals surface area contributed by atoms with Crippen LogP contribution in [0.15, 0.2) is 54.7 Å². The number of nitrogens with zero attached hydrogens (tertiary/aromatic N) is 1. The number of para-hydroxylation sites is 1. The van der Waals surface area contributed by atoms with Crippen molar-refractivity contribution in [2.24, 2.45) is 5.73 Å². The number of benzene rings is 2. The second-order valence-corrected chi connectivity index (χ2v) is 4.99. The maximum atomic E-state index is 5.65. The second-order valence-electron chi connectivity index (χ2n) is 4.99. The highest BCUT2D eigenvalue weighted by Crippen LogP contribution is 2.32. The molecule has 3 aromatic rings. The van der Waals surface area contributed by atoms with E-state index in [0.29, 0.717) is 6.54 Å². The third-order valence-corrected chi connectivity index (χ3v) is 3.60. The number of fused-ring (bicyclic) bond motifs is 1. The average Bonchev–Trinajstić information content (AvgIpc) is 2.54. The van der Waals surface area contributed by atoms with Crippen LogP contribution in [0.2, 0.25) is 0 Å². The van der Waals surface area contributed by atoms with Gasteiger partial charge < -0.3 is 10.5 Å². The number of pyridine rings is 1. The summed E-state index contributed by atoms with van der Waals surface area (Å²) in [5.74, 6) is 0.854. The first-order valence-corrected chi connectivity index (χ1v) is 7.04. The van der Waals surface area contributed by atoms with Crippen LogP contribution in [-0.2, 0) is 6.42 Å². The third-order valence-electron chi connectivity index (χ3n) is 3.60. The predicted octanol–water partition coefficient (Wildman–Crippen LogP) is 3.41. The molecule has 0 atom stereocenters. The Hall–Kier alpha value is -2.39. The van der Waals surface area contributed by atoms with Crippen LogP contribution in [0.1, 0.15) is 5.56 Å². The summed E-state index contributed by atoms with van der Waals surface area (Å²) in [7, 11) is 1.69. The molecule has 21 heavy (non-hydrogen) atoms. The lowest BCUT2D eigenvalue weighted by Crippen LogP contribution is -2.03. The first kappa shape index (κ1) is 13.6. The lowest BCUT2D eigenvalue weighted by atomic mass is 10.0. The minimum absolute atomic E-state index is 0.641. The van der Waals surface area contributed by atoms with Gasteiger partial charge in [0.1, 0.15) is 5.75 Å². The molecule has 2 N–H and O–H groups in total. The zero-order valence-corrected chi connectivity index (χ0v) is 12.0. The monoisotopic (exact) mass is 278 g/mol. The van der Waals surface area contributed by atoms with Gasteiger partial charge in [-0.15, -0.1) is 0 Å². The highest BCUT2D eigenvalue weighted by molar-refractivity contribution is 5.84. The van der Waals surface area contributed by atoms with Crippen LogP contribution in [0.5, 0.6) is 5.75 Å². The minimum atomic E-state index is 0.641. The number of hydrogen-bond donors (Lipinski definition) is 1. The van der Waals surface area contributed by atoms with Gasteiger partial charge in [0, 0.05) is 22.7 Å². The van der Waals surface area contributed by atoms with Crippen LogP contribution in [0.25, 0.3) is 22.0 Å². The molecule has 106 valence electrons. The van der Waals surface area contributed by atoms with Gasteiger partial charge in [-0.1, -0.05) is 24.3 Å². The largest absolute Gasteiger partial charge is 0.496 e. The van der Waals surface area contributed by atoms with Crippen LogP contribution < -0.4 is 10.5 Å². The summed E-state index contributed by atoms with van der Waals surface area (Å²) in [4.78, 5) is 4.53. The molecular formula is C18H18N2O. The third kappa shape index (κ3) is 2.73. The van der Waals surface area contributed by atoms with Gasteiger partial charge in [-0.2, -0.15) is 0 Å². The van der Waals surface area contributed by atoms with E-state index < -0.39 is 0 Å². The number of rotatable bonds is 4. The summed E-state index contributed by atoms with van der Waals surface area (Å²) in [5.41, 5.74) is 9.98. The molecule has 0 unspecified atom stereocenters. The Morgan fingerprint density at radius 1 is 1.10 bits per heavy atom. The lowest BCUT2D eigenvalue weighted by molar-refractivity contribution is 0.416. The highest BCUT2D eigenvalue weighted by atomic mass is 16.5. The number of hydrogen-bond acceptors (Lipinski definition) is 3. The van der Waals surface area contributed by atoms with Crippen molar-refractivity contribution in [3.63, 3.8) is 0 Å². The maximum absolute atomic E-state index is 5.65. The molecule has 0 saturated heterocycles. The molecule has 3 nitrogen and oxygen atoms in total. The Labute approximate surface area is 124 Å². The lowest BCUT2D eigenvalue weighted by Gasteiger charge is -2.11. The Morgan fingerprint density at radius 3 is 2.76 bits per heavy atom. The van der Waals surface area contributed by atoms with E-state index in [2.05, 4.69) is 29.2 Å². The van der Waals surface area contributed by atoms with E-state index in [1.807, 2.05) is 30.5 Å². The zero-order chi connectivity index (χ0) is 14.7. The summed E-state index contributed by atoms with van der Waals surface area (Å²) >= 11 is 0. The Kier molecular flexibility index (Phi) is 3.84. The molecule has 0 aliphatic rings. The Balaban J connectivity index is 2.13. The maximum Gasteiger partial charge on any atom is 0.126 e. The van der Waals surface area contributed by atoms with E-state index in [0.717, 1.165) is 34.2 Å². The van der Waals surface area contributed by atoms with Crippen LogP contribution in [0, 0.1) is 0 Å². The standard InChI is InChI=1S/C18H18N2O/c1-21-18-7-6-13(8-9-19)10-16(18)15-11-14-4-2-3-5-17(14)20-12-15/h2-7,10-12H,8-9,19H2,1H3. The van der Waals surface area contributed by atoms with Gasteiger partial charge in [-0.3, -0.25) is 4.98 Å². The van der Waals surface area contributed by atoms with E-state index in [4.69, 9.17) is 10.5 Å². The fourth-order valence-corrected chi connectivity index (χ4v) is 2.52. The van der Waals surface area contributed by atoms with E-state index in [1.165, 1.54) is 5.56 Å². The summed E-state index contributed by atoms with van der Waals surface area (Å²) in [6.45, 7) is 0.641. The van der Waals surface area contributed by atoms with E-state index >= 15 is 0 Å². The van der Waals surface area contributed by atoms with Gasteiger partial charge in [-0.25, -0.2) is 0 Å². The van der Waals surface area contributed by atoms with Crippen molar-refractivity contribution in [2.45, 2.75) is 6.42 Å². The van der Waals surface area contributed by atoms with Crippen molar-refractivity contribution < 1.29 is 4.74 Å². The number of nitrogens with two attached hydrogens (primary N) is 1. The minimum Gasteiger partial charge on any atom is -0.496 e. The zero-order valence-electron chi connectivity index (χ0n) is 12.0. The van der Waals surface area contributed by atoms with Crippen LogP contribution in [0.3, 0.4) is 0 Å². The van der Waals surface area contributed by atoms with E-state index in [1.54, 1.807) is 7.11 Å². The molecule has 0 aliphatic carbocycles. The molecule has 0 saturated carbocycles. The Bertz CT molecular complexity index is 768. The molecular weight excluding hydrogens is 260 g/mol. The predicted molar refractivity (Wildman–Crippen MR) is 86.5 cm³/mol. The number of ether oxygens (including phenoxy) is 1. The van der Waals surface area contributed by atoms with Gasteiger partial charge in [0.2, 0.25) is 0 Å². The topological polar surface area (TPSA) is 48.1 Å². The SMILES string of the molecule is COc1ccc(CCN)cc1-c1cnc2ccccc2c1. The summed E-state index contributed by atoms with van der Waals surface area (Å²) < 4.78 is 5.49. The van der Waals surface area contributed by atoms with Crippen molar-refractivity contribution in [1.29, 1.82) is 0 Å². The van der Waals surface area contributed by atoms with Crippen LogP contribution in [-0.4, -0.2) is 18.6 Å². The molecule has 0 fully saturated rings. The van der Waals surface area contributed by atoms with Gasteiger partial charge >= 0.3 is 0 Å².